The molecule has 0 N–H and O–H groups in total. The Balaban J connectivity index is 1.65. The molecule has 0 unspecified atom stereocenters. The maximum Gasteiger partial charge on any atom is 0.416 e. The Bertz CT molecular complexity index is 1340. The molecule has 4 nitrogen and oxygen atoms in total. The molecule has 0 saturated carbocycles. The summed E-state index contributed by atoms with van der Waals surface area (Å²) in [5, 5.41) is 0. The van der Waals surface area contributed by atoms with E-state index in [9.17, 15) is 35.5 Å². The van der Waals surface area contributed by atoms with Crippen LogP contribution in [-0.2, 0) is 18.9 Å². The van der Waals surface area contributed by atoms with Crippen molar-refractivity contribution in [3.63, 3.8) is 0 Å². The number of amides is 2. The average Bonchev–Trinajstić information content (AvgIpc) is 2.91. The second-order valence-electron chi connectivity index (χ2n) is 10.3. The van der Waals surface area contributed by atoms with Gasteiger partial charge in [0.15, 0.2) is 0 Å². The third-order valence-electron chi connectivity index (χ3n) is 7.47. The Kier molecular flexibility index (Phi) is 8.67. The minimum Gasteiger partial charge on any atom is -0.321 e. The molecule has 41 heavy (non-hydrogen) atoms. The van der Waals surface area contributed by atoms with Crippen LogP contribution in [0.25, 0.3) is 0 Å². The van der Waals surface area contributed by atoms with E-state index in [4.69, 9.17) is 0 Å². The quantitative estimate of drug-likeness (QED) is 0.290. The van der Waals surface area contributed by atoms with Crippen molar-refractivity contribution in [3.05, 3.63) is 106 Å². The summed E-state index contributed by atoms with van der Waals surface area (Å²) >= 11 is 0. The lowest BCUT2D eigenvalue weighted by molar-refractivity contribution is -0.143. The van der Waals surface area contributed by atoms with E-state index in [1.54, 1.807) is 30.0 Å². The van der Waals surface area contributed by atoms with Gasteiger partial charge in [0.2, 0.25) is 0 Å². The smallest absolute Gasteiger partial charge is 0.321 e. The molecule has 219 valence electrons. The lowest BCUT2D eigenvalue weighted by Gasteiger charge is -2.44. The van der Waals surface area contributed by atoms with Gasteiger partial charge in [0.05, 0.1) is 23.2 Å². The molecule has 4 rings (SSSR count). The van der Waals surface area contributed by atoms with Crippen molar-refractivity contribution < 1.29 is 35.5 Å². The molecule has 3 aromatic carbocycles. The molecule has 1 aliphatic heterocycles. The molecular weight excluding hydrogens is 551 g/mol. The molecule has 0 spiro atoms. The Morgan fingerprint density at radius 2 is 1.59 bits per heavy atom. The number of aryl methyl sites for hydroxylation is 1. The summed E-state index contributed by atoms with van der Waals surface area (Å²) in [6.45, 7) is 4.80. The van der Waals surface area contributed by atoms with Gasteiger partial charge in [-0.15, -0.1) is 0 Å². The second kappa shape index (κ2) is 11.7. The first-order chi connectivity index (χ1) is 19.1. The van der Waals surface area contributed by atoms with Gasteiger partial charge in [0, 0.05) is 33.2 Å². The number of hydrogen-bond donors (Lipinski definition) is 0. The topological polar surface area (TPSA) is 26.8 Å². The molecule has 1 aliphatic rings. The standard InChI is InChI=1S/C30H29F7N3O/c1-19-13-25(31)9-10-26(19)27-18-39(17-21-7-5-4-6-8-21)11-12-40(27)28(41)38(3)20(2)22-14-23(29(32,33)34)16-24(15-22)30(35,36)37/h5-10,13-16,20,27H,11-12,17-18H2,1-3H3/t20-,27-/m1/s1. The van der Waals surface area contributed by atoms with Crippen LogP contribution in [0.4, 0.5) is 35.5 Å². The molecule has 2 amide bonds. The summed E-state index contributed by atoms with van der Waals surface area (Å²) in [4.78, 5) is 18.6. The fourth-order valence-corrected chi connectivity index (χ4v) is 5.09. The number of nitrogens with zero attached hydrogens (tertiary/aromatic N) is 3. The number of carbonyl (C=O) groups is 1. The van der Waals surface area contributed by atoms with E-state index < -0.39 is 47.4 Å². The Hall–Kier alpha value is -3.60. The first-order valence-electron chi connectivity index (χ1n) is 12.9. The van der Waals surface area contributed by atoms with Crippen LogP contribution < -0.4 is 0 Å². The first kappa shape index (κ1) is 30.4. The number of piperazine rings is 1. The molecule has 1 saturated heterocycles. The molecule has 0 bridgehead atoms. The number of urea groups is 1. The zero-order chi connectivity index (χ0) is 30.1. The summed E-state index contributed by atoms with van der Waals surface area (Å²) < 4.78 is 94.7. The predicted molar refractivity (Wildman–Crippen MR) is 139 cm³/mol. The van der Waals surface area contributed by atoms with Crippen molar-refractivity contribution in [1.29, 1.82) is 0 Å². The van der Waals surface area contributed by atoms with Gasteiger partial charge in [-0.05, 0) is 72.5 Å². The zero-order valence-corrected chi connectivity index (χ0v) is 22.7. The highest BCUT2D eigenvalue weighted by Crippen LogP contribution is 2.39. The zero-order valence-electron chi connectivity index (χ0n) is 22.7. The third kappa shape index (κ3) is 7.01. The normalized spacial score (nSPS) is 17.4. The monoisotopic (exact) mass is 580 g/mol. The van der Waals surface area contributed by atoms with Crippen LogP contribution in [0, 0.1) is 18.8 Å². The van der Waals surface area contributed by atoms with Crippen LogP contribution in [0.3, 0.4) is 0 Å². The van der Waals surface area contributed by atoms with E-state index in [0.29, 0.717) is 42.9 Å². The molecule has 0 aliphatic carbocycles. The fourth-order valence-electron chi connectivity index (χ4n) is 5.09. The van der Waals surface area contributed by atoms with E-state index in [1.807, 2.05) is 12.1 Å². The van der Waals surface area contributed by atoms with E-state index >= 15 is 0 Å². The SMILES string of the molecule is Cc1cc(F)ccc1[C@H]1CN(Cc2cc[c]cc2)CCN1C(=O)N(C)[C@H](C)c1cc(C(F)(F)F)cc(C(F)(F)F)c1. The number of carbonyl (C=O) groups excluding carboxylic acids is 1. The van der Waals surface area contributed by atoms with Crippen molar-refractivity contribution in [2.24, 2.45) is 0 Å². The van der Waals surface area contributed by atoms with Gasteiger partial charge in [0.25, 0.3) is 0 Å². The van der Waals surface area contributed by atoms with Crippen LogP contribution in [0.15, 0.2) is 60.7 Å². The number of rotatable bonds is 5. The van der Waals surface area contributed by atoms with Crippen molar-refractivity contribution in [1.82, 2.24) is 14.7 Å². The Morgan fingerprint density at radius 1 is 0.976 bits per heavy atom. The summed E-state index contributed by atoms with van der Waals surface area (Å²) in [5.74, 6) is -0.437. The Morgan fingerprint density at radius 3 is 2.15 bits per heavy atom. The summed E-state index contributed by atoms with van der Waals surface area (Å²) in [6.07, 6.45) is -10.0. The summed E-state index contributed by atoms with van der Waals surface area (Å²) in [5.41, 5.74) is -0.826. The summed E-state index contributed by atoms with van der Waals surface area (Å²) in [6, 6.07) is 13.8. The van der Waals surface area contributed by atoms with Gasteiger partial charge in [0.1, 0.15) is 5.82 Å². The highest BCUT2D eigenvalue weighted by molar-refractivity contribution is 5.75. The van der Waals surface area contributed by atoms with Gasteiger partial charge < -0.3 is 9.80 Å². The van der Waals surface area contributed by atoms with Gasteiger partial charge in [-0.3, -0.25) is 4.90 Å². The Labute approximate surface area is 234 Å². The van der Waals surface area contributed by atoms with Gasteiger partial charge in [-0.1, -0.05) is 30.3 Å². The molecule has 11 heteroatoms. The third-order valence-corrected chi connectivity index (χ3v) is 7.47. The molecule has 1 fully saturated rings. The maximum atomic E-state index is 13.9. The second-order valence-corrected chi connectivity index (χ2v) is 10.3. The maximum absolute atomic E-state index is 13.9. The highest BCUT2D eigenvalue weighted by atomic mass is 19.4. The fraction of sp³-hybridized carbons (Fsp3) is 0.367. The van der Waals surface area contributed by atoms with Crippen molar-refractivity contribution >= 4 is 6.03 Å². The molecule has 1 heterocycles. The highest BCUT2D eigenvalue weighted by Gasteiger charge is 2.39. The van der Waals surface area contributed by atoms with E-state index in [2.05, 4.69) is 11.0 Å². The molecule has 3 aromatic rings. The number of benzene rings is 3. The predicted octanol–water partition coefficient (Wildman–Crippen LogP) is 7.64. The number of alkyl halides is 6. The number of halogens is 7. The van der Waals surface area contributed by atoms with Gasteiger partial charge >= 0.3 is 18.4 Å². The van der Waals surface area contributed by atoms with E-state index in [-0.39, 0.29) is 18.2 Å². The van der Waals surface area contributed by atoms with E-state index in [0.717, 1.165) is 10.5 Å². The summed E-state index contributed by atoms with van der Waals surface area (Å²) in [7, 11) is 1.35. The van der Waals surface area contributed by atoms with Crippen molar-refractivity contribution in [3.8, 4) is 0 Å². The van der Waals surface area contributed by atoms with Crippen LogP contribution >= 0.6 is 0 Å². The van der Waals surface area contributed by atoms with E-state index in [1.165, 1.54) is 26.1 Å². The number of hydrogen-bond acceptors (Lipinski definition) is 2. The lowest BCUT2D eigenvalue weighted by Crippen LogP contribution is -2.53. The first-order valence-corrected chi connectivity index (χ1v) is 12.9. The average molecular weight is 581 g/mol. The minimum absolute atomic E-state index is 0.0649. The van der Waals surface area contributed by atoms with Crippen LogP contribution in [0.5, 0.6) is 0 Å². The van der Waals surface area contributed by atoms with Crippen molar-refractivity contribution in [2.75, 3.05) is 26.7 Å². The lowest BCUT2D eigenvalue weighted by atomic mass is 9.97. The van der Waals surface area contributed by atoms with Crippen molar-refractivity contribution in [2.45, 2.75) is 44.8 Å². The van der Waals surface area contributed by atoms with Crippen LogP contribution in [-0.4, -0.2) is 47.4 Å². The molecular formula is C30H29F7N3O. The molecule has 0 aromatic heterocycles. The molecule has 1 radical (unpaired) electrons. The van der Waals surface area contributed by atoms with Crippen LogP contribution in [0.2, 0.25) is 0 Å². The largest absolute Gasteiger partial charge is 0.416 e. The van der Waals surface area contributed by atoms with Gasteiger partial charge in [-0.25, -0.2) is 9.18 Å². The van der Waals surface area contributed by atoms with Crippen LogP contribution in [0.1, 0.15) is 52.4 Å². The molecule has 2 atom stereocenters. The van der Waals surface area contributed by atoms with Gasteiger partial charge in [-0.2, -0.15) is 26.3 Å². The minimum atomic E-state index is -5.00.